The second-order valence-electron chi connectivity index (χ2n) is 43.0. The first-order valence-corrected chi connectivity index (χ1v) is 48.3. The third-order valence-corrected chi connectivity index (χ3v) is 28.2. The molecule has 9 aliphatic rings. The number of ether oxygens (including phenoxy) is 1. The summed E-state index contributed by atoms with van der Waals surface area (Å²) in [5.74, 6) is -2.72. The van der Waals surface area contributed by atoms with E-state index in [9.17, 15) is 72.0 Å². The number of piperazine rings is 4. The zero-order valence-electron chi connectivity index (χ0n) is 81.3. The maximum absolute atomic E-state index is 13.7. The Hall–Kier alpha value is -12.4. The standard InChI is InChI=1S/C28H34FN5O3.C27H30FN5O3.C26H30FN5O3.C21H28ClN5O4/c1-27(2,3)23(35)26(37)32-12-13-33(28(4,5)16-32)25(36)22-15-34-24(30-22)20(17-6-7-17)14-21(31-34)18-8-10-19(29)11-9-18;1-26(2)16-31(25(35)27(36)10-3-11-27)12-13-32(26)24(34)22-15-33-23(29-22)20(17-4-5-17)14-21(30-33)18-6-8-19(28)9-7-18;1-25(2)15-30(24(34)26(3,4)35)11-12-31(25)23(33)21-14-32-22(28-21)19(16-5-6-16)13-20(29-32)17-7-9-18(27)10-8-17;1-13(2)14-10-16(22)24-27-11-15(23-17(14)27)18(28)26-9-8-25(12-20(26,3)4)19(29)31-21(30)6-5-7-21/h8-11,14-15,17,23,35H,6-7,12-13,16H2,1-5H3;6-9,14-15,17,36H,3-5,10-13,16H2,1-2H3;7-10,13-14,16,35H,5-6,11-12,15H2,1-4H3;10-11,13,30H,5-9,12H2,1-4H3. The normalized spacial score (nSPS) is 19.5. The van der Waals surface area contributed by atoms with Crippen molar-refractivity contribution in [3.05, 3.63) is 189 Å². The number of nitrogens with zero attached hydrogens (tertiary/aromatic N) is 20. The van der Waals surface area contributed by atoms with E-state index in [4.69, 9.17) is 26.3 Å². The predicted octanol–water partition coefficient (Wildman–Crippen LogP) is 13.6. The zero-order valence-corrected chi connectivity index (χ0v) is 82.1. The lowest BCUT2D eigenvalue weighted by molar-refractivity contribution is -0.216. The summed E-state index contributed by atoms with van der Waals surface area (Å²) in [5, 5.41) is 59.9. The first-order valence-electron chi connectivity index (χ1n) is 48.0. The molecular weight excluding hydrogens is 1810 g/mol. The first-order chi connectivity index (χ1) is 65.4. The molecule has 12 heterocycles. The summed E-state index contributed by atoms with van der Waals surface area (Å²) in [7, 11) is 0. The summed E-state index contributed by atoms with van der Waals surface area (Å²) in [6.07, 6.45) is 14.9. The van der Waals surface area contributed by atoms with E-state index >= 15 is 0 Å². The molecule has 4 aliphatic heterocycles. The van der Waals surface area contributed by atoms with E-state index < -0.39 is 56.8 Å². The van der Waals surface area contributed by atoms with Crippen LogP contribution in [0.1, 0.15) is 269 Å². The highest BCUT2D eigenvalue weighted by molar-refractivity contribution is 6.29. The van der Waals surface area contributed by atoms with Crippen LogP contribution in [0, 0.1) is 22.9 Å². The van der Waals surface area contributed by atoms with Gasteiger partial charge in [0.1, 0.15) is 62.7 Å². The van der Waals surface area contributed by atoms with Gasteiger partial charge in [0.15, 0.2) is 22.6 Å². The molecule has 37 heteroatoms. The molecule has 11 aromatic rings. The molecule has 139 heavy (non-hydrogen) atoms. The Kier molecular flexibility index (Phi) is 26.1. The van der Waals surface area contributed by atoms with Crippen molar-refractivity contribution < 1.29 is 76.7 Å². The molecule has 5 aliphatic carbocycles. The minimum Gasteiger partial charge on any atom is -0.417 e. The summed E-state index contributed by atoms with van der Waals surface area (Å²) in [6, 6.07) is 26.4. The fourth-order valence-electron chi connectivity index (χ4n) is 19.3. The number of hydrogen-bond acceptors (Lipinski definition) is 21. The third-order valence-electron chi connectivity index (χ3n) is 28.1. The van der Waals surface area contributed by atoms with Crippen LogP contribution in [-0.2, 0) is 19.1 Å². The van der Waals surface area contributed by atoms with E-state index in [-0.39, 0.29) is 70.4 Å². The van der Waals surface area contributed by atoms with Gasteiger partial charge in [0.25, 0.3) is 41.4 Å². The Labute approximate surface area is 808 Å². The predicted molar refractivity (Wildman–Crippen MR) is 511 cm³/mol. The van der Waals surface area contributed by atoms with Crippen molar-refractivity contribution in [2.75, 3.05) is 78.5 Å². The Morgan fingerprint density at radius 3 is 1.06 bits per heavy atom. The summed E-state index contributed by atoms with van der Waals surface area (Å²) in [4.78, 5) is 137. The first kappa shape index (κ1) is 98.2. The van der Waals surface area contributed by atoms with Gasteiger partial charge in [-0.3, -0.25) is 33.6 Å². The van der Waals surface area contributed by atoms with Crippen LogP contribution in [-0.4, -0.2) is 289 Å². The monoisotopic (exact) mass is 1930 g/mol. The quantitative estimate of drug-likeness (QED) is 0.0693. The fourth-order valence-corrected chi connectivity index (χ4v) is 19.5. The molecule has 0 spiro atoms. The van der Waals surface area contributed by atoms with Gasteiger partial charge in [-0.25, -0.2) is 56.0 Å². The molecule has 9 fully saturated rings. The Balaban J connectivity index is 0.000000128. The zero-order chi connectivity index (χ0) is 99.6. The molecule has 4 saturated heterocycles. The molecule has 5 saturated carbocycles. The largest absolute Gasteiger partial charge is 0.417 e. The number of aliphatic hydroxyl groups excluding tert-OH is 1. The number of aliphatic hydroxyl groups is 4. The van der Waals surface area contributed by atoms with Crippen LogP contribution in [0.4, 0.5) is 18.0 Å². The van der Waals surface area contributed by atoms with Gasteiger partial charge in [-0.2, -0.15) is 20.4 Å². The number of amides is 8. The van der Waals surface area contributed by atoms with Crippen molar-refractivity contribution in [1.29, 1.82) is 0 Å². The average molecular weight is 1930 g/mol. The summed E-state index contributed by atoms with van der Waals surface area (Å²) in [5.41, 5.74) is 6.54. The molecule has 4 N–H and O–H groups in total. The maximum atomic E-state index is 13.7. The Morgan fingerprint density at radius 1 is 0.432 bits per heavy atom. The van der Waals surface area contributed by atoms with Crippen LogP contribution in [0.15, 0.2) is 122 Å². The molecule has 8 amide bonds. The highest BCUT2D eigenvalue weighted by atomic mass is 35.5. The van der Waals surface area contributed by atoms with Gasteiger partial charge in [-0.15, -0.1) is 0 Å². The highest BCUT2D eigenvalue weighted by Crippen LogP contribution is 2.47. The van der Waals surface area contributed by atoms with Crippen LogP contribution in [0.2, 0.25) is 5.15 Å². The second kappa shape index (κ2) is 37.0. The highest BCUT2D eigenvalue weighted by Gasteiger charge is 2.51. The van der Waals surface area contributed by atoms with Crippen molar-refractivity contribution in [1.82, 2.24) is 97.6 Å². The van der Waals surface area contributed by atoms with Gasteiger partial charge in [-0.1, -0.05) is 46.2 Å². The van der Waals surface area contributed by atoms with Crippen LogP contribution in [0.5, 0.6) is 0 Å². The van der Waals surface area contributed by atoms with Crippen LogP contribution in [0.25, 0.3) is 56.4 Å². The molecule has 20 rings (SSSR count). The molecule has 0 radical (unpaired) electrons. The smallest absolute Gasteiger partial charge is 0.412 e. The van der Waals surface area contributed by atoms with Gasteiger partial charge in [0.05, 0.1) is 64.0 Å². The SMILES string of the molecule is CC(C)(C)C(O)C(=O)N1CCN(C(=O)c2cn3nc(-c4ccc(F)cc4)cc(C4CC4)c3n2)C(C)(C)C1.CC(C)(O)C(=O)N1CCN(C(=O)c2cn3nc(-c4ccc(F)cc4)cc(C4CC4)c3n2)C(C)(C)C1.CC(C)c1cc(Cl)nn2cc(C(=O)N3CCN(C(=O)OC4(O)CCC4)CC3(C)C)nc12.CC1(C)CN(C(=O)C2(O)CCC2)CCN1C(=O)c1cn2nc(-c3ccc(F)cc3)cc(C3CC3)c2n1. The average Bonchev–Trinajstić information content (AvgIpc) is 1.65. The molecule has 736 valence electrons. The number of imidazole rings is 4. The van der Waals surface area contributed by atoms with E-state index in [1.54, 1.807) is 125 Å². The van der Waals surface area contributed by atoms with Crippen LogP contribution in [0.3, 0.4) is 0 Å². The van der Waals surface area contributed by atoms with E-state index in [0.29, 0.717) is 184 Å². The number of carbonyl (C=O) groups excluding carboxylic acids is 8. The van der Waals surface area contributed by atoms with Crippen LogP contribution >= 0.6 is 11.6 Å². The second-order valence-corrected chi connectivity index (χ2v) is 43.4. The number of fused-ring (bicyclic) bond motifs is 4. The molecule has 0 bridgehead atoms. The molecule has 8 aromatic heterocycles. The minimum atomic E-state index is -1.46. The number of carbonyl (C=O) groups is 8. The van der Waals surface area contributed by atoms with Crippen molar-refractivity contribution in [2.24, 2.45) is 5.41 Å². The lowest BCUT2D eigenvalue weighted by atomic mass is 9.78. The molecule has 3 aromatic carbocycles. The van der Waals surface area contributed by atoms with Gasteiger partial charge in [-0.05, 0) is 260 Å². The number of halogens is 4. The topological polar surface area (TPSA) is 373 Å². The molecule has 1 unspecified atom stereocenters. The Bertz CT molecular complexity index is 6620. The molecular formula is C102H122ClF3N20O13. The van der Waals surface area contributed by atoms with Gasteiger partial charge in [0.2, 0.25) is 5.79 Å². The summed E-state index contributed by atoms with van der Waals surface area (Å²) < 4.78 is 52.1. The van der Waals surface area contributed by atoms with Gasteiger partial charge in [0, 0.05) is 130 Å². The number of benzene rings is 3. The van der Waals surface area contributed by atoms with Crippen LogP contribution < -0.4 is 0 Å². The molecule has 1 atom stereocenters. The van der Waals surface area contributed by atoms with E-state index in [1.807, 2.05) is 108 Å². The van der Waals surface area contributed by atoms with Crippen molar-refractivity contribution >= 4 is 81.6 Å². The maximum Gasteiger partial charge on any atom is 0.412 e. The number of hydrogen-bond donors (Lipinski definition) is 4. The van der Waals surface area contributed by atoms with E-state index in [1.165, 1.54) is 50.2 Å². The summed E-state index contributed by atoms with van der Waals surface area (Å²) in [6.45, 7) is 31.9. The van der Waals surface area contributed by atoms with Crippen molar-refractivity contribution in [2.45, 2.75) is 250 Å². The lowest BCUT2D eigenvalue weighted by Crippen LogP contribution is -2.65. The fraction of sp³-hybridized carbons (Fsp3) is 0.510. The Morgan fingerprint density at radius 2 is 0.748 bits per heavy atom. The third kappa shape index (κ3) is 20.6. The number of rotatable bonds is 15. The lowest BCUT2D eigenvalue weighted by Gasteiger charge is -2.49. The minimum absolute atomic E-state index is 0.171. The molecule has 33 nitrogen and oxygen atoms in total. The van der Waals surface area contributed by atoms with Crippen molar-refractivity contribution in [3.63, 3.8) is 0 Å². The van der Waals surface area contributed by atoms with Crippen molar-refractivity contribution in [3.8, 4) is 33.8 Å². The van der Waals surface area contributed by atoms with E-state index in [2.05, 4.69) is 30.4 Å². The van der Waals surface area contributed by atoms with Gasteiger partial charge < -0.3 is 64.4 Å². The summed E-state index contributed by atoms with van der Waals surface area (Å²) >= 11 is 6.13. The number of aromatic nitrogens is 12. The van der Waals surface area contributed by atoms with E-state index in [0.717, 1.165) is 90.3 Å². The van der Waals surface area contributed by atoms with Gasteiger partial charge >= 0.3 is 6.09 Å².